The van der Waals surface area contributed by atoms with Crippen LogP contribution in [0.2, 0.25) is 0 Å². The molecule has 0 saturated carbocycles. The summed E-state index contributed by atoms with van der Waals surface area (Å²) in [6, 6.07) is 91.7. The molecule has 69 heavy (non-hydrogen) atoms. The van der Waals surface area contributed by atoms with E-state index in [1.165, 1.54) is 27.8 Å². The van der Waals surface area contributed by atoms with Crippen molar-refractivity contribution in [3.8, 4) is 106 Å². The van der Waals surface area contributed by atoms with Crippen LogP contribution in [0.5, 0.6) is 11.5 Å². The van der Waals surface area contributed by atoms with Crippen molar-refractivity contribution in [3.05, 3.63) is 261 Å². The Morgan fingerprint density at radius 2 is 0.464 bits per heavy atom. The molecule has 3 nitrogen and oxygen atoms in total. The van der Waals surface area contributed by atoms with E-state index in [4.69, 9.17) is 0 Å². The third-order valence-electron chi connectivity index (χ3n) is 13.4. The quantitative estimate of drug-likeness (QED) is 0.152. The van der Waals surface area contributed by atoms with E-state index in [2.05, 4.69) is 217 Å². The van der Waals surface area contributed by atoms with Gasteiger partial charge in [-0.3, -0.25) is 0 Å². The van der Waals surface area contributed by atoms with E-state index in [-0.39, 0.29) is 11.5 Å². The van der Waals surface area contributed by atoms with Crippen LogP contribution in [0.1, 0.15) is 0 Å². The SMILES string of the molecule is Oc1ccc(-c2ccc3c(c2)c2cc(-c4ccc(O)cc4)ccc2n3-c2ccc(-c3c(-c4ccccc4)c(-c4ccccc4)c(-c4ccccc4)c(-c4ccccc4)c3-c3ccccc3)cc2)cc1. The molecule has 12 aromatic rings. The largest absolute Gasteiger partial charge is 0.508 e. The van der Waals surface area contributed by atoms with E-state index in [9.17, 15) is 10.2 Å². The number of hydrogen-bond donors (Lipinski definition) is 2. The summed E-state index contributed by atoms with van der Waals surface area (Å²) in [5, 5.41) is 22.5. The minimum absolute atomic E-state index is 0.241. The lowest BCUT2D eigenvalue weighted by Gasteiger charge is -2.29. The first-order chi connectivity index (χ1) is 34.1. The number of nitrogens with zero attached hydrogens (tertiary/aromatic N) is 1. The van der Waals surface area contributed by atoms with Gasteiger partial charge >= 0.3 is 0 Å². The summed E-state index contributed by atoms with van der Waals surface area (Å²) in [6.07, 6.45) is 0. The molecule has 1 heterocycles. The fraction of sp³-hybridized carbons (Fsp3) is 0. The smallest absolute Gasteiger partial charge is 0.115 e. The highest BCUT2D eigenvalue weighted by Gasteiger charge is 2.29. The van der Waals surface area contributed by atoms with Gasteiger partial charge in [0.2, 0.25) is 0 Å². The number of benzene rings is 11. The Bertz CT molecular complexity index is 3560. The van der Waals surface area contributed by atoms with Crippen LogP contribution >= 0.6 is 0 Å². The summed E-state index contributed by atoms with van der Waals surface area (Å²) < 4.78 is 2.37. The molecule has 11 aromatic carbocycles. The molecule has 3 heteroatoms. The molecule has 0 aliphatic carbocycles. The van der Waals surface area contributed by atoms with Gasteiger partial charge in [-0.1, -0.05) is 200 Å². The van der Waals surface area contributed by atoms with Gasteiger partial charge in [-0.15, -0.1) is 0 Å². The van der Waals surface area contributed by atoms with Gasteiger partial charge < -0.3 is 14.8 Å². The second kappa shape index (κ2) is 17.6. The molecule has 1 aromatic heterocycles. The second-order valence-corrected chi connectivity index (χ2v) is 17.5. The van der Waals surface area contributed by atoms with Crippen molar-refractivity contribution in [1.82, 2.24) is 4.57 Å². The molecular formula is C66H45NO2. The Labute approximate surface area is 401 Å². The van der Waals surface area contributed by atoms with Crippen LogP contribution in [0.15, 0.2) is 261 Å². The van der Waals surface area contributed by atoms with Crippen molar-refractivity contribution in [2.45, 2.75) is 0 Å². The molecule has 12 rings (SSSR count). The van der Waals surface area contributed by atoms with Gasteiger partial charge in [0.1, 0.15) is 11.5 Å². The van der Waals surface area contributed by atoms with Gasteiger partial charge in [0, 0.05) is 16.5 Å². The Morgan fingerprint density at radius 1 is 0.217 bits per heavy atom. The second-order valence-electron chi connectivity index (χ2n) is 17.5. The topological polar surface area (TPSA) is 45.4 Å². The zero-order chi connectivity index (χ0) is 46.3. The first-order valence-corrected chi connectivity index (χ1v) is 23.4. The first-order valence-electron chi connectivity index (χ1n) is 23.4. The van der Waals surface area contributed by atoms with Gasteiger partial charge in [-0.05, 0) is 150 Å². The molecule has 2 N–H and O–H groups in total. The minimum atomic E-state index is 0.241. The molecule has 0 aliphatic rings. The maximum atomic E-state index is 10.1. The molecular weight excluding hydrogens is 839 g/mol. The maximum Gasteiger partial charge on any atom is 0.115 e. The zero-order valence-electron chi connectivity index (χ0n) is 37.7. The number of phenolic OH excluding ortho intramolecular Hbond substituents is 2. The average Bonchev–Trinajstić information content (AvgIpc) is 3.74. The Hall–Kier alpha value is -9.18. The van der Waals surface area contributed by atoms with Crippen LogP contribution in [0.4, 0.5) is 0 Å². The Kier molecular flexibility index (Phi) is 10.5. The highest BCUT2D eigenvalue weighted by molar-refractivity contribution is 6.15. The normalized spacial score (nSPS) is 11.3. The highest BCUT2D eigenvalue weighted by atomic mass is 16.3. The highest BCUT2D eigenvalue weighted by Crippen LogP contribution is 2.56. The van der Waals surface area contributed by atoms with Gasteiger partial charge in [-0.2, -0.15) is 0 Å². The van der Waals surface area contributed by atoms with Gasteiger partial charge in [0.05, 0.1) is 11.0 Å². The van der Waals surface area contributed by atoms with Crippen LogP contribution in [-0.4, -0.2) is 14.8 Å². The molecule has 326 valence electrons. The molecule has 0 amide bonds. The molecule has 0 atom stereocenters. The van der Waals surface area contributed by atoms with Gasteiger partial charge in [-0.25, -0.2) is 0 Å². The molecule has 0 radical (unpaired) electrons. The standard InChI is InChI=1S/C66H45NO2/c68-55-36-28-44(29-37-55)52-32-40-59-57(42-52)58-43-53(45-30-38-56(69)39-31-45)33-41-60(58)67(59)54-34-26-51(27-35-54)66-64(49-22-12-4-13-23-49)62(47-18-8-2-9-19-47)61(46-16-6-1-7-17-46)63(48-20-10-3-11-21-48)65(66)50-24-14-5-15-25-50/h1-43,68-69H. The summed E-state index contributed by atoms with van der Waals surface area (Å²) >= 11 is 0. The summed E-state index contributed by atoms with van der Waals surface area (Å²) in [6.45, 7) is 0. The number of aromatic nitrogens is 1. The van der Waals surface area contributed by atoms with Crippen molar-refractivity contribution in [3.63, 3.8) is 0 Å². The van der Waals surface area contributed by atoms with Crippen molar-refractivity contribution in [2.24, 2.45) is 0 Å². The third-order valence-corrected chi connectivity index (χ3v) is 13.4. The Balaban J connectivity index is 1.15. The van der Waals surface area contributed by atoms with Crippen molar-refractivity contribution >= 4 is 21.8 Å². The number of phenols is 2. The van der Waals surface area contributed by atoms with E-state index in [1.807, 2.05) is 24.3 Å². The average molecular weight is 884 g/mol. The molecule has 0 spiro atoms. The van der Waals surface area contributed by atoms with Crippen molar-refractivity contribution in [2.75, 3.05) is 0 Å². The fourth-order valence-electron chi connectivity index (χ4n) is 10.3. The fourth-order valence-corrected chi connectivity index (χ4v) is 10.3. The van der Waals surface area contributed by atoms with E-state index in [0.717, 1.165) is 88.7 Å². The molecule has 0 unspecified atom stereocenters. The van der Waals surface area contributed by atoms with Crippen LogP contribution < -0.4 is 0 Å². The Morgan fingerprint density at radius 3 is 0.754 bits per heavy atom. The van der Waals surface area contributed by atoms with Crippen LogP contribution in [-0.2, 0) is 0 Å². The third kappa shape index (κ3) is 7.53. The van der Waals surface area contributed by atoms with Gasteiger partial charge in [0.15, 0.2) is 0 Å². The lowest BCUT2D eigenvalue weighted by atomic mass is 9.74. The van der Waals surface area contributed by atoms with Gasteiger partial charge in [0.25, 0.3) is 0 Å². The van der Waals surface area contributed by atoms with E-state index >= 15 is 0 Å². The maximum absolute atomic E-state index is 10.1. The minimum Gasteiger partial charge on any atom is -0.508 e. The number of rotatable bonds is 9. The number of aromatic hydroxyl groups is 2. The van der Waals surface area contributed by atoms with Crippen molar-refractivity contribution < 1.29 is 10.2 Å². The summed E-state index contributed by atoms with van der Waals surface area (Å²) in [7, 11) is 0. The van der Waals surface area contributed by atoms with Crippen LogP contribution in [0, 0.1) is 0 Å². The predicted octanol–water partition coefficient (Wildman–Crippen LogP) is 17.5. The zero-order valence-corrected chi connectivity index (χ0v) is 37.7. The predicted molar refractivity (Wildman–Crippen MR) is 288 cm³/mol. The molecule has 0 fully saturated rings. The van der Waals surface area contributed by atoms with E-state index in [1.54, 1.807) is 24.3 Å². The molecule has 0 aliphatic heterocycles. The molecule has 0 bridgehead atoms. The van der Waals surface area contributed by atoms with Crippen LogP contribution in [0.25, 0.3) is 117 Å². The number of hydrogen-bond acceptors (Lipinski definition) is 2. The molecule has 0 saturated heterocycles. The first kappa shape index (κ1) is 41.3. The van der Waals surface area contributed by atoms with E-state index in [0.29, 0.717) is 0 Å². The number of fused-ring (bicyclic) bond motifs is 3. The summed E-state index contributed by atoms with van der Waals surface area (Å²) in [5.41, 5.74) is 21.3. The van der Waals surface area contributed by atoms with Crippen molar-refractivity contribution in [1.29, 1.82) is 0 Å². The summed E-state index contributed by atoms with van der Waals surface area (Å²) in [4.78, 5) is 0. The van der Waals surface area contributed by atoms with E-state index < -0.39 is 0 Å². The summed E-state index contributed by atoms with van der Waals surface area (Å²) in [5.74, 6) is 0.481. The lowest BCUT2D eigenvalue weighted by Crippen LogP contribution is -2.02. The van der Waals surface area contributed by atoms with Crippen LogP contribution in [0.3, 0.4) is 0 Å². The monoisotopic (exact) mass is 883 g/mol. The lowest BCUT2D eigenvalue weighted by molar-refractivity contribution is 0.475.